The van der Waals surface area contributed by atoms with Crippen molar-refractivity contribution in [1.82, 2.24) is 49.3 Å². The van der Waals surface area contributed by atoms with Crippen molar-refractivity contribution in [1.29, 1.82) is 0 Å². The first-order valence-corrected chi connectivity index (χ1v) is 25.7. The van der Waals surface area contributed by atoms with Crippen LogP contribution in [0.15, 0.2) is 135 Å². The van der Waals surface area contributed by atoms with Crippen LogP contribution in [0.1, 0.15) is 64.0 Å². The molecule has 77 heavy (non-hydrogen) atoms. The standard InChI is InChI=1S/C29H29N7O3.C29H29N7O2/c1-3-24(37)35-14-18-11-21(12-19(18)15-35)36-28-25(27(30)31-16-32-28)26(34-36)17-9-10-22(23(13-17)39-2)29(38)33-20-7-5-4-6-8-20;1-3-24(37)35-14-19-12-22(13-20(19)15-35)36-28-25(27(30)31-16-32-28)26(34-36)18-9-10-23(17(2)11-18)29(38)33-21-7-5-4-6-8-21/h3-10,13,16,18-19,21H,1,11-12,14-15H2,2H3,(H,33,38)(H2,30,31,32);3-11,16,19-20,22H,1,12-15H2,2H3,(H,33,38)(H2,30,31,32). The van der Waals surface area contributed by atoms with E-state index in [1.54, 1.807) is 12.1 Å². The van der Waals surface area contributed by atoms with Gasteiger partial charge < -0.3 is 36.6 Å². The lowest BCUT2D eigenvalue weighted by Crippen LogP contribution is -2.28. The molecule has 4 aromatic carbocycles. The van der Waals surface area contributed by atoms with Gasteiger partial charge in [-0.25, -0.2) is 29.3 Å². The molecule has 4 atom stereocenters. The number of fused-ring (bicyclic) bond motifs is 4. The van der Waals surface area contributed by atoms with E-state index in [1.807, 2.05) is 111 Å². The number of hydrogen-bond acceptors (Lipinski definition) is 13. The lowest BCUT2D eigenvalue weighted by Gasteiger charge is -2.18. The number of carbonyl (C=O) groups is 4. The molecule has 390 valence electrons. The van der Waals surface area contributed by atoms with E-state index in [0.29, 0.717) is 91.3 Å². The number of anilines is 4. The van der Waals surface area contributed by atoms with Crippen LogP contribution in [0.25, 0.3) is 44.6 Å². The average molecular weight is 1030 g/mol. The summed E-state index contributed by atoms with van der Waals surface area (Å²) >= 11 is 0. The number of benzene rings is 4. The second-order valence-corrected chi connectivity index (χ2v) is 20.3. The number of rotatable bonds is 11. The molecule has 0 radical (unpaired) electrons. The van der Waals surface area contributed by atoms with Gasteiger partial charge in [0.2, 0.25) is 11.8 Å². The Hall–Kier alpha value is -9.26. The van der Waals surface area contributed by atoms with Crippen LogP contribution in [0, 0.1) is 30.6 Å². The molecule has 19 heteroatoms. The van der Waals surface area contributed by atoms with Gasteiger partial charge in [-0.1, -0.05) is 61.7 Å². The maximum Gasteiger partial charge on any atom is 0.259 e. The monoisotopic (exact) mass is 1030 g/mol. The summed E-state index contributed by atoms with van der Waals surface area (Å²) < 4.78 is 9.56. The number of hydrogen-bond donors (Lipinski definition) is 4. The summed E-state index contributed by atoms with van der Waals surface area (Å²) in [4.78, 5) is 71.4. The number of methoxy groups -OCH3 is 1. The van der Waals surface area contributed by atoms with Gasteiger partial charge in [-0.05, 0) is 123 Å². The molecule has 19 nitrogen and oxygen atoms in total. The molecule has 4 amide bonds. The highest BCUT2D eigenvalue weighted by Crippen LogP contribution is 2.47. The van der Waals surface area contributed by atoms with E-state index in [-0.39, 0.29) is 35.7 Å². The smallest absolute Gasteiger partial charge is 0.259 e. The highest BCUT2D eigenvalue weighted by molar-refractivity contribution is 6.08. The number of para-hydroxylation sites is 2. The minimum Gasteiger partial charge on any atom is -0.496 e. The third-order valence-electron chi connectivity index (χ3n) is 15.7. The summed E-state index contributed by atoms with van der Waals surface area (Å²) in [6.45, 7) is 12.1. The maximum atomic E-state index is 13.0. The van der Waals surface area contributed by atoms with Crippen molar-refractivity contribution < 1.29 is 23.9 Å². The molecule has 6 N–H and O–H groups in total. The Labute approximate surface area is 444 Å². The van der Waals surface area contributed by atoms with Crippen LogP contribution in [0.4, 0.5) is 23.0 Å². The van der Waals surface area contributed by atoms with Crippen LogP contribution in [0.3, 0.4) is 0 Å². The Kier molecular flexibility index (Phi) is 13.5. The molecule has 2 aliphatic heterocycles. The Morgan fingerprint density at radius 2 is 1.00 bits per heavy atom. The largest absolute Gasteiger partial charge is 0.496 e. The first-order chi connectivity index (χ1) is 37.4. The van der Waals surface area contributed by atoms with Gasteiger partial charge in [0, 0.05) is 54.2 Å². The van der Waals surface area contributed by atoms with Crippen molar-refractivity contribution in [2.24, 2.45) is 23.7 Å². The van der Waals surface area contributed by atoms with Crippen LogP contribution in [0.5, 0.6) is 5.75 Å². The molecule has 0 spiro atoms. The Bertz CT molecular complexity index is 3590. The Morgan fingerprint density at radius 1 is 0.584 bits per heavy atom. The highest BCUT2D eigenvalue weighted by Gasteiger charge is 2.45. The van der Waals surface area contributed by atoms with E-state index in [0.717, 1.165) is 74.2 Å². The topological polar surface area (TPSA) is 247 Å². The van der Waals surface area contributed by atoms with Crippen molar-refractivity contribution >= 4 is 68.7 Å². The lowest BCUT2D eigenvalue weighted by atomic mass is 10.0. The average Bonchev–Trinajstić information content (AvgIpc) is 4.32. The number of nitrogen functional groups attached to an aromatic ring is 2. The third-order valence-corrected chi connectivity index (χ3v) is 15.7. The number of ether oxygens (including phenoxy) is 1. The lowest BCUT2D eigenvalue weighted by molar-refractivity contribution is -0.126. The number of nitrogens with one attached hydrogen (secondary N) is 2. The molecule has 0 bridgehead atoms. The number of amides is 4. The van der Waals surface area contributed by atoms with Crippen molar-refractivity contribution in [2.75, 3.05) is 55.4 Å². The highest BCUT2D eigenvalue weighted by atomic mass is 16.5. The SMILES string of the molecule is C=CC(=O)N1CC2CC(n3nc(-c4ccc(C(=O)Nc5ccccc5)c(C)c4)c4c(N)ncnc43)CC2C1.C=CC(=O)N1CC2CC(n3nc(-c4ccc(C(=O)Nc5ccccc5)c(OC)c4)c4c(N)ncnc43)CC2C1. The van der Waals surface area contributed by atoms with Crippen LogP contribution >= 0.6 is 0 Å². The van der Waals surface area contributed by atoms with Crippen molar-refractivity contribution in [2.45, 2.75) is 44.7 Å². The van der Waals surface area contributed by atoms with E-state index >= 15 is 0 Å². The molecule has 4 aliphatic rings. The normalized spacial score (nSPS) is 20.3. The molecule has 2 saturated heterocycles. The first kappa shape index (κ1) is 49.9. The molecule has 4 unspecified atom stereocenters. The number of aromatic nitrogens is 8. The zero-order valence-electron chi connectivity index (χ0n) is 42.8. The quantitative estimate of drug-likeness (QED) is 0.0894. The minimum atomic E-state index is -0.274. The van der Waals surface area contributed by atoms with E-state index in [9.17, 15) is 19.2 Å². The molecule has 6 heterocycles. The summed E-state index contributed by atoms with van der Waals surface area (Å²) in [5.74, 6) is 2.35. The number of likely N-dealkylation sites (tertiary alicyclic amines) is 2. The summed E-state index contributed by atoms with van der Waals surface area (Å²) in [7, 11) is 1.53. The van der Waals surface area contributed by atoms with Gasteiger partial charge in [-0.3, -0.25) is 19.2 Å². The molecule has 2 aliphatic carbocycles. The fraction of sp³-hybridized carbons (Fsp3) is 0.276. The molecule has 4 fully saturated rings. The summed E-state index contributed by atoms with van der Waals surface area (Å²) in [6, 6.07) is 30.0. The summed E-state index contributed by atoms with van der Waals surface area (Å²) in [5, 5.41) is 17.2. The second kappa shape index (κ2) is 20.8. The fourth-order valence-corrected chi connectivity index (χ4v) is 12.0. The van der Waals surface area contributed by atoms with Gasteiger partial charge >= 0.3 is 0 Å². The molecule has 12 rings (SSSR count). The summed E-state index contributed by atoms with van der Waals surface area (Å²) in [6.07, 6.45) is 9.34. The van der Waals surface area contributed by atoms with Gasteiger partial charge in [0.15, 0.2) is 11.3 Å². The minimum absolute atomic E-state index is 0.000411. The van der Waals surface area contributed by atoms with E-state index in [1.165, 1.54) is 31.9 Å². The van der Waals surface area contributed by atoms with Gasteiger partial charge in [-0.2, -0.15) is 10.2 Å². The Morgan fingerprint density at radius 3 is 1.42 bits per heavy atom. The molecular weight excluding hydrogens is 973 g/mol. The molecule has 2 saturated carbocycles. The number of nitrogens with zero attached hydrogens (tertiary/aromatic N) is 10. The summed E-state index contributed by atoms with van der Waals surface area (Å²) in [5.41, 5.74) is 20.3. The van der Waals surface area contributed by atoms with Crippen LogP contribution < -0.4 is 26.8 Å². The third kappa shape index (κ3) is 9.60. The molecule has 4 aromatic heterocycles. The maximum absolute atomic E-state index is 13.0. The number of nitrogens with two attached hydrogens (primary N) is 2. The van der Waals surface area contributed by atoms with Crippen LogP contribution in [-0.2, 0) is 9.59 Å². The van der Waals surface area contributed by atoms with Gasteiger partial charge in [0.1, 0.15) is 41.4 Å². The zero-order valence-corrected chi connectivity index (χ0v) is 42.8. The fourth-order valence-electron chi connectivity index (χ4n) is 12.0. The molecular formula is C58H58N14O5. The van der Waals surface area contributed by atoms with Crippen LogP contribution in [-0.4, -0.2) is 106 Å². The Balaban J connectivity index is 0.000000164. The first-order valence-electron chi connectivity index (χ1n) is 25.7. The van der Waals surface area contributed by atoms with Gasteiger partial charge in [0.25, 0.3) is 11.8 Å². The predicted molar refractivity (Wildman–Crippen MR) is 294 cm³/mol. The van der Waals surface area contributed by atoms with Gasteiger partial charge in [-0.15, -0.1) is 0 Å². The van der Waals surface area contributed by atoms with Crippen molar-refractivity contribution in [3.05, 3.63) is 152 Å². The van der Waals surface area contributed by atoms with Crippen LogP contribution in [0.2, 0.25) is 0 Å². The molecule has 8 aromatic rings. The second-order valence-electron chi connectivity index (χ2n) is 20.3. The number of carbonyl (C=O) groups excluding carboxylic acids is 4. The zero-order chi connectivity index (χ0) is 53.5. The van der Waals surface area contributed by atoms with E-state index in [2.05, 4.69) is 43.7 Å². The van der Waals surface area contributed by atoms with E-state index in [4.69, 9.17) is 26.4 Å². The van der Waals surface area contributed by atoms with Crippen molar-refractivity contribution in [3.8, 4) is 28.3 Å². The number of aryl methyl sites for hydroxylation is 1. The van der Waals surface area contributed by atoms with Crippen molar-refractivity contribution in [3.63, 3.8) is 0 Å². The van der Waals surface area contributed by atoms with Gasteiger partial charge in [0.05, 0.1) is 35.5 Å². The van der Waals surface area contributed by atoms with E-state index < -0.39 is 0 Å². The predicted octanol–water partition coefficient (Wildman–Crippen LogP) is 8.16.